The van der Waals surface area contributed by atoms with E-state index < -0.39 is 54.8 Å². The van der Waals surface area contributed by atoms with Gasteiger partial charge in [0.25, 0.3) is 0 Å². The van der Waals surface area contributed by atoms with Crippen LogP contribution in [0.2, 0.25) is 5.02 Å². The smallest absolute Gasteiger partial charge is 0.534 e. The number of carboxylic acid groups (broad SMARTS) is 2. The van der Waals surface area contributed by atoms with Crippen molar-refractivity contribution in [1.29, 1.82) is 0 Å². The van der Waals surface area contributed by atoms with Gasteiger partial charge >= 0.3 is 36.9 Å². The molecule has 1 fully saturated rings. The summed E-state index contributed by atoms with van der Waals surface area (Å²) in [6.07, 6.45) is -0.0428. The van der Waals surface area contributed by atoms with E-state index in [1.165, 1.54) is 23.1 Å². The number of urea groups is 1. The van der Waals surface area contributed by atoms with Crippen molar-refractivity contribution in [3.63, 3.8) is 0 Å². The highest BCUT2D eigenvalue weighted by Crippen LogP contribution is 2.30. The van der Waals surface area contributed by atoms with Gasteiger partial charge in [0, 0.05) is 26.2 Å². The fourth-order valence-corrected chi connectivity index (χ4v) is 4.88. The Balaban J connectivity index is 1.59. The molecule has 17 heteroatoms. The summed E-state index contributed by atoms with van der Waals surface area (Å²) in [7, 11) is -1.67. The van der Waals surface area contributed by atoms with Crippen LogP contribution in [0.1, 0.15) is 37.9 Å². The van der Waals surface area contributed by atoms with E-state index in [-0.39, 0.29) is 60.1 Å². The zero-order valence-electron chi connectivity index (χ0n) is 21.8. The molecule has 4 rings (SSSR count). The molecule has 1 saturated heterocycles. The summed E-state index contributed by atoms with van der Waals surface area (Å²) in [5.41, 5.74) is 5.42. The number of amides is 5. The van der Waals surface area contributed by atoms with Crippen LogP contribution in [0.5, 0.6) is 5.75 Å². The van der Waals surface area contributed by atoms with Gasteiger partial charge in [-0.05, 0) is 35.7 Å². The number of aromatic carboxylic acids is 2. The highest BCUT2D eigenvalue weighted by Gasteiger charge is 2.41. The molecule has 5 amide bonds. The third kappa shape index (κ3) is 6.14. The molecule has 2 aromatic carbocycles. The molecule has 7 N–H and O–H groups in total. The number of nitrogens with zero attached hydrogens (tertiary/aromatic N) is 2. The highest BCUT2D eigenvalue weighted by atomic mass is 35.5. The lowest BCUT2D eigenvalue weighted by Gasteiger charge is -2.33. The SMILES string of the molecule is NCCN1CCN(C(=O)NC(C(=O)N[C@H]2Cc3cccc(C(=O)O)c3OB2O)c2ccc(C(=O)O)c(Cl)c2)C(=O)C1=O. The molecule has 2 atom stereocenters. The average molecular weight is 602 g/mol. The fraction of sp³-hybridized carbons (Fsp3) is 0.280. The summed E-state index contributed by atoms with van der Waals surface area (Å²) in [6.45, 7) is 0.0671. The molecule has 1 unspecified atom stereocenters. The first-order valence-electron chi connectivity index (χ1n) is 12.6. The van der Waals surface area contributed by atoms with E-state index >= 15 is 0 Å². The lowest BCUT2D eigenvalue weighted by atomic mass is 9.72. The predicted molar refractivity (Wildman–Crippen MR) is 145 cm³/mol. The summed E-state index contributed by atoms with van der Waals surface area (Å²) in [6, 6.07) is 5.16. The van der Waals surface area contributed by atoms with Gasteiger partial charge in [-0.25, -0.2) is 14.4 Å². The molecule has 2 aliphatic rings. The summed E-state index contributed by atoms with van der Waals surface area (Å²) in [5.74, 6) is -6.76. The van der Waals surface area contributed by atoms with Crippen molar-refractivity contribution >= 4 is 54.4 Å². The number of piperazine rings is 1. The zero-order valence-corrected chi connectivity index (χ0v) is 22.5. The summed E-state index contributed by atoms with van der Waals surface area (Å²) < 4.78 is 5.40. The monoisotopic (exact) mass is 601 g/mol. The number of carboxylic acids is 2. The molecule has 0 aliphatic carbocycles. The quantitative estimate of drug-likeness (QED) is 0.163. The van der Waals surface area contributed by atoms with Crippen LogP contribution in [0.25, 0.3) is 0 Å². The first-order chi connectivity index (χ1) is 19.9. The molecule has 42 heavy (non-hydrogen) atoms. The third-order valence-corrected chi connectivity index (χ3v) is 7.03. The van der Waals surface area contributed by atoms with Gasteiger partial charge in [-0.2, -0.15) is 0 Å². The van der Waals surface area contributed by atoms with E-state index in [0.717, 1.165) is 12.1 Å². The first kappa shape index (κ1) is 30.3. The van der Waals surface area contributed by atoms with Gasteiger partial charge in [0.2, 0.25) is 5.91 Å². The average Bonchev–Trinajstić information content (AvgIpc) is 2.94. The molecule has 15 nitrogen and oxygen atoms in total. The topological polar surface area (TPSA) is 229 Å². The Hall–Kier alpha value is -4.67. The number of nitrogens with two attached hydrogens (primary N) is 1. The standard InChI is InChI=1S/C25H25BClN5O10/c27-16-10-12(4-5-14(16)23(36)37)18(30-25(40)32-9-8-31(7-6-28)21(34)22(32)35)20(33)29-17-11-13-2-1-3-15(24(38)39)19(13)42-26(17)41/h1-5,10,17-18,41H,6-9,11,28H2,(H,29,33)(H,30,40)(H,36,37)(H,38,39)/t17-,18?/m0/s1. The minimum Gasteiger partial charge on any atom is -0.534 e. The second kappa shape index (κ2) is 12.5. The van der Waals surface area contributed by atoms with E-state index in [4.69, 9.17) is 22.0 Å². The van der Waals surface area contributed by atoms with Crippen molar-refractivity contribution < 1.29 is 48.7 Å². The summed E-state index contributed by atoms with van der Waals surface area (Å²) >= 11 is 6.10. The molecule has 0 spiro atoms. The lowest BCUT2D eigenvalue weighted by Crippen LogP contribution is -2.60. The highest BCUT2D eigenvalue weighted by molar-refractivity contribution is 6.47. The fourth-order valence-electron chi connectivity index (χ4n) is 4.61. The molecule has 0 bridgehead atoms. The van der Waals surface area contributed by atoms with Crippen LogP contribution in [0, 0.1) is 0 Å². The third-order valence-electron chi connectivity index (χ3n) is 6.72. The lowest BCUT2D eigenvalue weighted by molar-refractivity contribution is -0.153. The number of nitrogens with one attached hydrogen (secondary N) is 2. The van der Waals surface area contributed by atoms with Crippen LogP contribution in [-0.2, 0) is 20.8 Å². The summed E-state index contributed by atoms with van der Waals surface area (Å²) in [5, 5.41) is 34.0. The van der Waals surface area contributed by atoms with Gasteiger partial charge in [0.05, 0.1) is 22.1 Å². The molecule has 0 aromatic heterocycles. The zero-order chi connectivity index (χ0) is 30.7. The van der Waals surface area contributed by atoms with Crippen LogP contribution >= 0.6 is 11.6 Å². The Morgan fingerprint density at radius 1 is 1.07 bits per heavy atom. The second-order valence-corrected chi connectivity index (χ2v) is 9.80. The molecule has 0 radical (unpaired) electrons. The molecule has 220 valence electrons. The first-order valence-corrected chi connectivity index (χ1v) is 12.9. The van der Waals surface area contributed by atoms with Crippen LogP contribution in [-0.4, -0.2) is 100.0 Å². The van der Waals surface area contributed by atoms with Crippen molar-refractivity contribution in [2.24, 2.45) is 5.73 Å². The molecule has 2 heterocycles. The number of carbonyl (C=O) groups is 6. The normalized spacial score (nSPS) is 17.2. The molecule has 2 aliphatic heterocycles. The number of para-hydroxylation sites is 1. The Bertz CT molecular complexity index is 1470. The molecule has 2 aromatic rings. The van der Waals surface area contributed by atoms with E-state index in [2.05, 4.69) is 10.6 Å². The van der Waals surface area contributed by atoms with Gasteiger partial charge in [-0.3, -0.25) is 19.3 Å². The largest absolute Gasteiger partial charge is 0.547 e. The number of hydrogen-bond acceptors (Lipinski definition) is 9. The minimum absolute atomic E-state index is 0.0224. The van der Waals surface area contributed by atoms with E-state index in [9.17, 15) is 44.0 Å². The minimum atomic E-state index is -1.67. The Morgan fingerprint density at radius 3 is 2.43 bits per heavy atom. The Labute approximate surface area is 243 Å². The van der Waals surface area contributed by atoms with Crippen LogP contribution in [0.4, 0.5) is 4.79 Å². The van der Waals surface area contributed by atoms with Crippen LogP contribution in [0.3, 0.4) is 0 Å². The van der Waals surface area contributed by atoms with Crippen molar-refractivity contribution in [3.8, 4) is 5.75 Å². The predicted octanol–water partition coefficient (Wildman–Crippen LogP) is -0.744. The number of carbonyl (C=O) groups excluding carboxylic acids is 4. The number of fused-ring (bicyclic) bond motifs is 1. The van der Waals surface area contributed by atoms with Gasteiger partial charge in [-0.15, -0.1) is 0 Å². The second-order valence-electron chi connectivity index (χ2n) is 9.39. The maximum absolute atomic E-state index is 13.5. The van der Waals surface area contributed by atoms with Crippen LogP contribution in [0.15, 0.2) is 36.4 Å². The van der Waals surface area contributed by atoms with Crippen molar-refractivity contribution in [2.75, 3.05) is 26.2 Å². The van der Waals surface area contributed by atoms with E-state index in [0.29, 0.717) is 10.5 Å². The van der Waals surface area contributed by atoms with Crippen LogP contribution < -0.4 is 21.0 Å². The maximum atomic E-state index is 13.5. The van der Waals surface area contributed by atoms with Gasteiger partial charge in [0.1, 0.15) is 11.8 Å². The number of imide groups is 1. The number of rotatable bonds is 8. The number of halogens is 1. The number of benzene rings is 2. The van der Waals surface area contributed by atoms with Crippen molar-refractivity contribution in [2.45, 2.75) is 18.4 Å². The van der Waals surface area contributed by atoms with Gasteiger partial charge < -0.3 is 41.2 Å². The van der Waals surface area contributed by atoms with Crippen molar-refractivity contribution in [3.05, 3.63) is 63.7 Å². The Kier molecular flexibility index (Phi) is 8.99. The molecular weight excluding hydrogens is 577 g/mol. The van der Waals surface area contributed by atoms with Crippen molar-refractivity contribution in [1.82, 2.24) is 20.4 Å². The van der Waals surface area contributed by atoms with E-state index in [1.54, 1.807) is 6.07 Å². The maximum Gasteiger partial charge on any atom is 0.547 e. The van der Waals surface area contributed by atoms with Gasteiger partial charge in [0.15, 0.2) is 0 Å². The number of hydrogen-bond donors (Lipinski definition) is 6. The molecule has 0 saturated carbocycles. The molecular formula is C25H25BClN5O10. The van der Waals surface area contributed by atoms with Gasteiger partial charge in [-0.1, -0.05) is 29.8 Å². The Morgan fingerprint density at radius 2 is 1.79 bits per heavy atom. The van der Waals surface area contributed by atoms with E-state index in [1.807, 2.05) is 0 Å². The summed E-state index contributed by atoms with van der Waals surface area (Å²) in [4.78, 5) is 76.5.